The van der Waals surface area contributed by atoms with Gasteiger partial charge in [0.25, 0.3) is 0 Å². The number of Topliss-reactive ketones (excluding diaryl/α,β-unsaturated/α-hetero) is 1. The summed E-state index contributed by atoms with van der Waals surface area (Å²) in [7, 11) is 0. The summed E-state index contributed by atoms with van der Waals surface area (Å²) in [6, 6.07) is 0. The summed E-state index contributed by atoms with van der Waals surface area (Å²) in [6.07, 6.45) is 0. The summed E-state index contributed by atoms with van der Waals surface area (Å²) >= 11 is 0. The molecule has 0 fully saturated rings. The highest BCUT2D eigenvalue weighted by Crippen LogP contribution is 2.10. The van der Waals surface area contributed by atoms with E-state index < -0.39 is 0 Å². The molecule has 0 rings (SSSR count). The molecule has 0 saturated heterocycles. The van der Waals surface area contributed by atoms with Gasteiger partial charge >= 0.3 is 5.97 Å². The van der Waals surface area contributed by atoms with Crippen LogP contribution in [0.25, 0.3) is 0 Å². The predicted molar refractivity (Wildman–Crippen MR) is 75.4 cm³/mol. The smallest absolute Gasteiger partial charge is 0.308 e. The zero-order valence-electron chi connectivity index (χ0n) is 13.5. The molecule has 0 aromatic carbocycles. The second-order valence-corrected chi connectivity index (χ2v) is 6.40. The van der Waals surface area contributed by atoms with E-state index in [1.54, 1.807) is 0 Å². The van der Waals surface area contributed by atoms with Gasteiger partial charge in [-0.15, -0.1) is 0 Å². The molecule has 3 heteroatoms. The van der Waals surface area contributed by atoms with Crippen LogP contribution in [-0.2, 0) is 14.3 Å². The minimum Gasteiger partial charge on any atom is -0.460 e. The first-order chi connectivity index (χ1) is 7.88. The average molecular weight is 258 g/mol. The van der Waals surface area contributed by atoms with Crippen LogP contribution in [0.2, 0.25) is 0 Å². The van der Waals surface area contributed by atoms with Crippen LogP contribution >= 0.6 is 0 Å². The van der Waals surface area contributed by atoms with E-state index in [9.17, 15) is 9.59 Å². The summed E-state index contributed by atoms with van der Waals surface area (Å²) in [6.45, 7) is 17.0. The Bertz CT molecular complexity index is 247. The van der Waals surface area contributed by atoms with Gasteiger partial charge in [0.2, 0.25) is 0 Å². The molecule has 3 nitrogen and oxygen atoms in total. The molecule has 0 aliphatic carbocycles. The standard InChI is InChI=1S/C8H16O2.C7H14O/c1-6(2)7(9)10-8(3,4)5;1-5(2)7(8)6(3)4/h6H,1-5H3;5-6H,1-4H3. The highest BCUT2D eigenvalue weighted by atomic mass is 16.6. The first-order valence-electron chi connectivity index (χ1n) is 6.65. The minimum absolute atomic E-state index is 0.0285. The van der Waals surface area contributed by atoms with Crippen LogP contribution in [0, 0.1) is 17.8 Å². The fourth-order valence-corrected chi connectivity index (χ4v) is 1.09. The van der Waals surface area contributed by atoms with Crippen LogP contribution in [0.15, 0.2) is 0 Å². The number of rotatable bonds is 3. The van der Waals surface area contributed by atoms with E-state index in [-0.39, 0.29) is 29.3 Å². The van der Waals surface area contributed by atoms with Gasteiger partial charge in [0.05, 0.1) is 5.92 Å². The second-order valence-electron chi connectivity index (χ2n) is 6.40. The van der Waals surface area contributed by atoms with E-state index in [1.165, 1.54) is 0 Å². The van der Waals surface area contributed by atoms with Crippen LogP contribution in [0.1, 0.15) is 62.3 Å². The van der Waals surface area contributed by atoms with Gasteiger partial charge in [-0.3, -0.25) is 9.59 Å². The van der Waals surface area contributed by atoms with Gasteiger partial charge in [0.15, 0.2) is 0 Å². The molecule has 0 atom stereocenters. The van der Waals surface area contributed by atoms with Crippen molar-refractivity contribution >= 4 is 11.8 Å². The number of carbonyl (C=O) groups excluding carboxylic acids is 2. The van der Waals surface area contributed by atoms with Crippen molar-refractivity contribution in [1.29, 1.82) is 0 Å². The van der Waals surface area contributed by atoms with E-state index in [4.69, 9.17) is 4.74 Å². The van der Waals surface area contributed by atoms with E-state index in [0.717, 1.165) is 0 Å². The molecular weight excluding hydrogens is 228 g/mol. The highest BCUT2D eigenvalue weighted by molar-refractivity contribution is 5.81. The quantitative estimate of drug-likeness (QED) is 0.722. The number of ether oxygens (including phenoxy) is 1. The number of carbonyl (C=O) groups is 2. The van der Waals surface area contributed by atoms with Crippen LogP contribution in [0.4, 0.5) is 0 Å². The van der Waals surface area contributed by atoms with Crippen molar-refractivity contribution < 1.29 is 14.3 Å². The zero-order chi connectivity index (χ0) is 15.1. The topological polar surface area (TPSA) is 43.4 Å². The molecule has 0 saturated carbocycles. The van der Waals surface area contributed by atoms with Crippen molar-refractivity contribution in [3.05, 3.63) is 0 Å². The van der Waals surface area contributed by atoms with Crippen LogP contribution < -0.4 is 0 Å². The van der Waals surface area contributed by atoms with E-state index in [2.05, 4.69) is 0 Å². The van der Waals surface area contributed by atoms with E-state index in [1.807, 2.05) is 62.3 Å². The van der Waals surface area contributed by atoms with Crippen molar-refractivity contribution in [3.8, 4) is 0 Å². The molecule has 108 valence electrons. The second kappa shape index (κ2) is 8.28. The Balaban J connectivity index is 0. The average Bonchev–Trinajstić information content (AvgIpc) is 2.14. The molecule has 18 heavy (non-hydrogen) atoms. The molecule has 0 aliphatic rings. The molecule has 0 heterocycles. The summed E-state index contributed by atoms with van der Waals surface area (Å²) in [5.74, 6) is 0.599. The molecule has 0 bridgehead atoms. The summed E-state index contributed by atoms with van der Waals surface area (Å²) in [5.41, 5.74) is -0.346. The van der Waals surface area contributed by atoms with Gasteiger partial charge in [-0.25, -0.2) is 0 Å². The zero-order valence-corrected chi connectivity index (χ0v) is 13.5. The molecule has 0 radical (unpaired) electrons. The number of esters is 1. The lowest BCUT2D eigenvalue weighted by atomic mass is 9.99. The Kier molecular flexibility index (Phi) is 8.96. The summed E-state index contributed by atoms with van der Waals surface area (Å²) in [4.78, 5) is 21.8. The fraction of sp³-hybridized carbons (Fsp3) is 0.867. The maximum atomic E-state index is 10.9. The Labute approximate surface area is 112 Å². The van der Waals surface area contributed by atoms with Crippen molar-refractivity contribution in [3.63, 3.8) is 0 Å². The van der Waals surface area contributed by atoms with Gasteiger partial charge in [0.1, 0.15) is 11.4 Å². The molecule has 0 N–H and O–H groups in total. The fourth-order valence-electron chi connectivity index (χ4n) is 1.09. The van der Waals surface area contributed by atoms with Crippen molar-refractivity contribution in [2.24, 2.45) is 17.8 Å². The first kappa shape index (κ1) is 19.5. The summed E-state index contributed by atoms with van der Waals surface area (Å²) in [5, 5.41) is 0. The molecule has 0 aliphatic heterocycles. The first-order valence-corrected chi connectivity index (χ1v) is 6.65. The lowest BCUT2D eigenvalue weighted by Gasteiger charge is -2.20. The van der Waals surface area contributed by atoms with Crippen LogP contribution in [-0.4, -0.2) is 17.4 Å². The molecular formula is C15H30O3. The maximum absolute atomic E-state index is 10.9. The third-order valence-electron chi connectivity index (χ3n) is 2.02. The third-order valence-corrected chi connectivity index (χ3v) is 2.02. The number of hydrogen-bond acceptors (Lipinski definition) is 3. The Morgan fingerprint density at radius 1 is 0.778 bits per heavy atom. The van der Waals surface area contributed by atoms with Crippen LogP contribution in [0.5, 0.6) is 0 Å². The minimum atomic E-state index is -0.346. The lowest BCUT2D eigenvalue weighted by molar-refractivity contribution is -0.158. The maximum Gasteiger partial charge on any atom is 0.308 e. The van der Waals surface area contributed by atoms with Crippen molar-refractivity contribution in [2.75, 3.05) is 0 Å². The van der Waals surface area contributed by atoms with Gasteiger partial charge in [0, 0.05) is 11.8 Å². The highest BCUT2D eigenvalue weighted by Gasteiger charge is 2.18. The SMILES string of the molecule is CC(C)C(=O)C(C)C.CC(C)C(=O)OC(C)(C)C. The van der Waals surface area contributed by atoms with Gasteiger partial charge < -0.3 is 4.74 Å². The Morgan fingerprint density at radius 3 is 1.17 bits per heavy atom. The van der Waals surface area contributed by atoms with Gasteiger partial charge in [-0.2, -0.15) is 0 Å². The monoisotopic (exact) mass is 258 g/mol. The van der Waals surface area contributed by atoms with E-state index in [0.29, 0.717) is 5.78 Å². The normalized spacial score (nSPS) is 11.3. The summed E-state index contributed by atoms with van der Waals surface area (Å²) < 4.78 is 5.06. The molecule has 0 spiro atoms. The van der Waals surface area contributed by atoms with Crippen molar-refractivity contribution in [2.45, 2.75) is 67.9 Å². The molecule has 0 aromatic heterocycles. The van der Waals surface area contributed by atoms with Crippen molar-refractivity contribution in [1.82, 2.24) is 0 Å². The van der Waals surface area contributed by atoms with Gasteiger partial charge in [-0.05, 0) is 20.8 Å². The van der Waals surface area contributed by atoms with E-state index >= 15 is 0 Å². The number of hydrogen-bond donors (Lipinski definition) is 0. The van der Waals surface area contributed by atoms with Crippen LogP contribution in [0.3, 0.4) is 0 Å². The van der Waals surface area contributed by atoms with Gasteiger partial charge in [-0.1, -0.05) is 41.5 Å². The number of ketones is 1. The predicted octanol–water partition coefficient (Wildman–Crippen LogP) is 3.85. The Morgan fingerprint density at radius 2 is 1.11 bits per heavy atom. The largest absolute Gasteiger partial charge is 0.460 e. The Hall–Kier alpha value is -0.860. The molecule has 0 aromatic rings. The lowest BCUT2D eigenvalue weighted by Crippen LogP contribution is -2.26. The molecule has 0 amide bonds. The molecule has 0 unspecified atom stereocenters. The third kappa shape index (κ3) is 11.6.